The van der Waals surface area contributed by atoms with Crippen LogP contribution in [0.3, 0.4) is 0 Å². The number of carbonyl (C=O) groups is 1. The monoisotopic (exact) mass is 509 g/mol. The predicted octanol–water partition coefficient (Wildman–Crippen LogP) is 6.46. The number of amides is 1. The smallest absolute Gasteiger partial charge is 0.415 e. The third-order valence-corrected chi connectivity index (χ3v) is 6.50. The van der Waals surface area contributed by atoms with Crippen LogP contribution in [-0.4, -0.2) is 40.7 Å². The van der Waals surface area contributed by atoms with Gasteiger partial charge in [-0.05, 0) is 85.8 Å². The van der Waals surface area contributed by atoms with Crippen LogP contribution in [0.4, 0.5) is 4.79 Å². The zero-order chi connectivity index (χ0) is 26.2. The molecule has 2 aromatic carbocycles. The summed E-state index contributed by atoms with van der Waals surface area (Å²) in [5.74, 6) is 3.00. The Labute approximate surface area is 223 Å². The lowest BCUT2D eigenvalue weighted by Gasteiger charge is -2.31. The number of hydrogen-bond donors (Lipinski definition) is 0. The fourth-order valence-electron chi connectivity index (χ4n) is 4.38. The number of likely N-dealkylation sites (tertiary alicyclic amines) is 1. The van der Waals surface area contributed by atoms with E-state index in [0.29, 0.717) is 43.0 Å². The molecular weight excluding hydrogens is 478 g/mol. The second-order valence-corrected chi connectivity index (χ2v) is 9.44. The number of aromatic nitrogens is 2. The molecule has 194 valence electrons. The molecule has 0 atom stereocenters. The van der Waals surface area contributed by atoms with Gasteiger partial charge in [0, 0.05) is 43.2 Å². The summed E-state index contributed by atoms with van der Waals surface area (Å²) >= 11 is 0. The zero-order valence-corrected chi connectivity index (χ0v) is 21.5. The SMILES string of the molecule is Cc1cccc(Cc2ccc(OC(=O)N3CCC(COc4ccc(Oc5ccccn5)cc4)CC3)cc2)n1. The van der Waals surface area contributed by atoms with Crippen molar-refractivity contribution in [1.82, 2.24) is 14.9 Å². The molecule has 0 spiro atoms. The standard InChI is InChI=1S/C31H31N3O4/c1-23-5-4-6-26(33-23)21-24-8-10-29(11-9-24)38-31(35)34-19-16-25(17-20-34)22-36-27-12-14-28(15-13-27)37-30-7-2-3-18-32-30/h2-15,18,25H,16-17,19-22H2,1H3. The Balaban J connectivity index is 1.03. The van der Waals surface area contributed by atoms with Crippen molar-refractivity contribution in [1.29, 1.82) is 0 Å². The molecule has 1 fully saturated rings. The van der Waals surface area contributed by atoms with Gasteiger partial charge in [0.15, 0.2) is 0 Å². The number of hydrogen-bond acceptors (Lipinski definition) is 6. The van der Waals surface area contributed by atoms with E-state index >= 15 is 0 Å². The fraction of sp³-hybridized carbons (Fsp3) is 0.258. The normalized spacial score (nSPS) is 13.7. The number of pyridine rings is 2. The average molecular weight is 510 g/mol. The van der Waals surface area contributed by atoms with Crippen LogP contribution in [0.25, 0.3) is 0 Å². The van der Waals surface area contributed by atoms with Gasteiger partial charge in [-0.3, -0.25) is 4.98 Å². The summed E-state index contributed by atoms with van der Waals surface area (Å²) in [6, 6.07) is 26.7. The first kappa shape index (κ1) is 25.3. The van der Waals surface area contributed by atoms with Gasteiger partial charge in [-0.15, -0.1) is 0 Å². The summed E-state index contributed by atoms with van der Waals surface area (Å²) in [5.41, 5.74) is 3.15. The van der Waals surface area contributed by atoms with Gasteiger partial charge in [0.05, 0.1) is 6.61 Å². The minimum absolute atomic E-state index is 0.305. The molecule has 2 aromatic heterocycles. The number of carbonyl (C=O) groups excluding carboxylic acids is 1. The number of nitrogens with zero attached hydrogens (tertiary/aromatic N) is 3. The molecule has 0 N–H and O–H groups in total. The lowest BCUT2D eigenvalue weighted by Crippen LogP contribution is -2.41. The van der Waals surface area contributed by atoms with Crippen molar-refractivity contribution in [2.45, 2.75) is 26.2 Å². The Bertz CT molecular complexity index is 1320. The molecule has 0 bridgehead atoms. The van der Waals surface area contributed by atoms with Gasteiger partial charge in [-0.25, -0.2) is 9.78 Å². The van der Waals surface area contributed by atoms with Crippen LogP contribution in [0.15, 0.2) is 91.1 Å². The summed E-state index contributed by atoms with van der Waals surface area (Å²) in [7, 11) is 0. The first-order valence-electron chi connectivity index (χ1n) is 12.9. The maximum absolute atomic E-state index is 12.7. The Hall–Kier alpha value is -4.39. The molecule has 1 aliphatic rings. The molecule has 38 heavy (non-hydrogen) atoms. The van der Waals surface area contributed by atoms with Crippen LogP contribution in [-0.2, 0) is 6.42 Å². The fourth-order valence-corrected chi connectivity index (χ4v) is 4.38. The number of benzene rings is 2. The van der Waals surface area contributed by atoms with Gasteiger partial charge in [-0.1, -0.05) is 24.3 Å². The Morgan fingerprint density at radius 2 is 1.61 bits per heavy atom. The minimum Gasteiger partial charge on any atom is -0.493 e. The van der Waals surface area contributed by atoms with Gasteiger partial charge in [-0.2, -0.15) is 0 Å². The topological polar surface area (TPSA) is 73.8 Å². The second kappa shape index (κ2) is 12.2. The first-order chi connectivity index (χ1) is 18.6. The zero-order valence-electron chi connectivity index (χ0n) is 21.5. The molecule has 7 heteroatoms. The van der Waals surface area contributed by atoms with E-state index in [2.05, 4.69) is 9.97 Å². The highest BCUT2D eigenvalue weighted by Crippen LogP contribution is 2.25. The quantitative estimate of drug-likeness (QED) is 0.271. The highest BCUT2D eigenvalue weighted by atomic mass is 16.6. The van der Waals surface area contributed by atoms with Gasteiger partial charge < -0.3 is 19.1 Å². The number of piperidine rings is 1. The van der Waals surface area contributed by atoms with E-state index in [0.717, 1.165) is 42.0 Å². The Kier molecular flexibility index (Phi) is 8.13. The highest BCUT2D eigenvalue weighted by molar-refractivity contribution is 5.70. The van der Waals surface area contributed by atoms with Gasteiger partial charge >= 0.3 is 6.09 Å². The predicted molar refractivity (Wildman–Crippen MR) is 145 cm³/mol. The van der Waals surface area contributed by atoms with E-state index in [1.54, 1.807) is 11.1 Å². The van der Waals surface area contributed by atoms with E-state index in [1.807, 2.05) is 91.9 Å². The van der Waals surface area contributed by atoms with Crippen molar-refractivity contribution >= 4 is 6.09 Å². The van der Waals surface area contributed by atoms with Crippen molar-refractivity contribution in [3.05, 3.63) is 108 Å². The Morgan fingerprint density at radius 3 is 2.32 bits per heavy atom. The van der Waals surface area contributed by atoms with Crippen LogP contribution in [0.1, 0.15) is 29.8 Å². The largest absolute Gasteiger partial charge is 0.493 e. The summed E-state index contributed by atoms with van der Waals surface area (Å²) in [5, 5.41) is 0. The van der Waals surface area contributed by atoms with Gasteiger partial charge in [0.2, 0.25) is 5.88 Å². The molecule has 0 unspecified atom stereocenters. The molecule has 0 saturated carbocycles. The van der Waals surface area contributed by atoms with Gasteiger partial charge in [0.25, 0.3) is 0 Å². The maximum Gasteiger partial charge on any atom is 0.415 e. The average Bonchev–Trinajstić information content (AvgIpc) is 2.95. The first-order valence-corrected chi connectivity index (χ1v) is 12.9. The van der Waals surface area contributed by atoms with E-state index in [4.69, 9.17) is 14.2 Å². The third kappa shape index (κ3) is 7.09. The van der Waals surface area contributed by atoms with Crippen LogP contribution in [0, 0.1) is 12.8 Å². The molecule has 1 aliphatic heterocycles. The molecule has 5 rings (SSSR count). The lowest BCUT2D eigenvalue weighted by atomic mass is 9.98. The summed E-state index contributed by atoms with van der Waals surface area (Å²) in [6.07, 6.45) is 3.88. The van der Waals surface area contributed by atoms with Crippen LogP contribution >= 0.6 is 0 Å². The lowest BCUT2D eigenvalue weighted by molar-refractivity contribution is 0.117. The van der Waals surface area contributed by atoms with Crippen LogP contribution < -0.4 is 14.2 Å². The van der Waals surface area contributed by atoms with Crippen molar-refractivity contribution in [3.63, 3.8) is 0 Å². The molecule has 1 saturated heterocycles. The van der Waals surface area contributed by atoms with Crippen molar-refractivity contribution in [2.24, 2.45) is 5.92 Å². The van der Waals surface area contributed by atoms with Crippen LogP contribution in [0.5, 0.6) is 23.1 Å². The Morgan fingerprint density at radius 1 is 0.868 bits per heavy atom. The molecule has 7 nitrogen and oxygen atoms in total. The van der Waals surface area contributed by atoms with Gasteiger partial charge in [0.1, 0.15) is 17.2 Å². The molecule has 0 radical (unpaired) electrons. The second-order valence-electron chi connectivity index (χ2n) is 9.44. The third-order valence-electron chi connectivity index (χ3n) is 6.50. The summed E-state index contributed by atoms with van der Waals surface area (Å²) in [4.78, 5) is 23.2. The maximum atomic E-state index is 12.7. The van der Waals surface area contributed by atoms with Crippen LogP contribution in [0.2, 0.25) is 0 Å². The van der Waals surface area contributed by atoms with E-state index in [-0.39, 0.29) is 6.09 Å². The molecule has 4 aromatic rings. The molecule has 3 heterocycles. The van der Waals surface area contributed by atoms with E-state index in [9.17, 15) is 4.79 Å². The molecular formula is C31H31N3O4. The van der Waals surface area contributed by atoms with E-state index in [1.165, 1.54) is 0 Å². The molecule has 1 amide bonds. The highest BCUT2D eigenvalue weighted by Gasteiger charge is 2.24. The number of rotatable bonds is 8. The summed E-state index contributed by atoms with van der Waals surface area (Å²) < 4.78 is 17.3. The minimum atomic E-state index is -0.305. The van der Waals surface area contributed by atoms with E-state index < -0.39 is 0 Å². The number of ether oxygens (including phenoxy) is 3. The number of aryl methyl sites for hydroxylation is 1. The summed E-state index contributed by atoms with van der Waals surface area (Å²) in [6.45, 7) is 3.91. The van der Waals surface area contributed by atoms with Crippen molar-refractivity contribution in [3.8, 4) is 23.1 Å². The van der Waals surface area contributed by atoms with Crippen molar-refractivity contribution < 1.29 is 19.0 Å². The molecule has 0 aliphatic carbocycles. The van der Waals surface area contributed by atoms with Crippen molar-refractivity contribution in [2.75, 3.05) is 19.7 Å².